The van der Waals surface area contributed by atoms with Crippen LogP contribution in [0.3, 0.4) is 0 Å². The molecule has 2 aromatic heterocycles. The van der Waals surface area contributed by atoms with Crippen LogP contribution in [0.15, 0.2) is 41.3 Å². The highest BCUT2D eigenvalue weighted by Crippen LogP contribution is 2.06. The minimum Gasteiger partial charge on any atom is -0.318 e. The summed E-state index contributed by atoms with van der Waals surface area (Å²) in [6, 6.07) is 8.24. The van der Waals surface area contributed by atoms with Crippen molar-refractivity contribution in [2.75, 3.05) is 5.32 Å². The number of nitrogens with zero attached hydrogens (tertiary/aromatic N) is 2. The number of rotatable bonds is 2. The fraction of sp³-hybridized carbons (Fsp3) is 0.154. The van der Waals surface area contributed by atoms with E-state index in [1.807, 2.05) is 19.1 Å². The first-order chi connectivity index (χ1) is 8.56. The molecule has 0 aromatic carbocycles. The summed E-state index contributed by atoms with van der Waals surface area (Å²) in [7, 11) is 1.60. The summed E-state index contributed by atoms with van der Waals surface area (Å²) in [5.74, 6) is 0.206. The zero-order chi connectivity index (χ0) is 13.1. The summed E-state index contributed by atoms with van der Waals surface area (Å²) in [5, 5.41) is 2.68. The molecule has 0 fully saturated rings. The molecule has 2 aromatic rings. The Bertz CT molecular complexity index is 647. The van der Waals surface area contributed by atoms with E-state index >= 15 is 0 Å². The summed E-state index contributed by atoms with van der Waals surface area (Å²) in [4.78, 5) is 27.3. The van der Waals surface area contributed by atoms with Crippen molar-refractivity contribution < 1.29 is 4.79 Å². The first-order valence-electron chi connectivity index (χ1n) is 5.48. The molecule has 0 unspecified atom stereocenters. The third-order valence-corrected chi connectivity index (χ3v) is 2.48. The highest BCUT2D eigenvalue weighted by Gasteiger charge is 2.07. The van der Waals surface area contributed by atoms with Gasteiger partial charge in [0.1, 0.15) is 5.82 Å². The quantitative estimate of drug-likeness (QED) is 0.865. The highest BCUT2D eigenvalue weighted by atomic mass is 16.2. The monoisotopic (exact) mass is 243 g/mol. The first-order valence-corrected chi connectivity index (χ1v) is 5.48. The summed E-state index contributed by atoms with van der Waals surface area (Å²) >= 11 is 0. The Morgan fingerprint density at radius 2 is 2.06 bits per heavy atom. The SMILES string of the molecule is Cc1cccc(NC(=O)c2ccc(=O)n(C)c2)n1. The molecule has 2 rings (SSSR count). The van der Waals surface area contributed by atoms with E-state index in [0.29, 0.717) is 11.4 Å². The minimum atomic E-state index is -0.288. The number of amides is 1. The Morgan fingerprint density at radius 3 is 2.72 bits per heavy atom. The summed E-state index contributed by atoms with van der Waals surface area (Å²) in [6.45, 7) is 1.85. The van der Waals surface area contributed by atoms with Gasteiger partial charge in [-0.1, -0.05) is 6.07 Å². The van der Waals surface area contributed by atoms with Crippen molar-refractivity contribution in [3.8, 4) is 0 Å². The fourth-order valence-electron chi connectivity index (χ4n) is 1.53. The third kappa shape index (κ3) is 2.63. The molecular weight excluding hydrogens is 230 g/mol. The second-order valence-corrected chi connectivity index (χ2v) is 3.99. The Balaban J connectivity index is 2.22. The number of hydrogen-bond donors (Lipinski definition) is 1. The molecule has 1 amide bonds. The lowest BCUT2D eigenvalue weighted by atomic mass is 10.2. The smallest absolute Gasteiger partial charge is 0.258 e. The molecule has 0 atom stereocenters. The van der Waals surface area contributed by atoms with E-state index in [9.17, 15) is 9.59 Å². The summed E-state index contributed by atoms with van der Waals surface area (Å²) in [6.07, 6.45) is 1.49. The predicted octanol–water partition coefficient (Wildman–Crippen LogP) is 1.34. The van der Waals surface area contributed by atoms with Crippen LogP contribution in [0.4, 0.5) is 5.82 Å². The number of nitrogens with one attached hydrogen (secondary N) is 1. The molecule has 0 aliphatic rings. The van der Waals surface area contributed by atoms with Gasteiger partial charge in [0.2, 0.25) is 5.56 Å². The maximum absolute atomic E-state index is 11.9. The number of hydrogen-bond acceptors (Lipinski definition) is 3. The molecular formula is C13H13N3O2. The van der Waals surface area contributed by atoms with Crippen LogP contribution in [0, 0.1) is 6.92 Å². The maximum atomic E-state index is 11.9. The molecule has 0 radical (unpaired) electrons. The molecule has 5 nitrogen and oxygen atoms in total. The van der Waals surface area contributed by atoms with Crippen molar-refractivity contribution in [1.29, 1.82) is 0 Å². The van der Waals surface area contributed by atoms with Crippen molar-refractivity contribution in [3.05, 3.63) is 58.1 Å². The van der Waals surface area contributed by atoms with E-state index in [4.69, 9.17) is 0 Å². The molecule has 2 heterocycles. The van der Waals surface area contributed by atoms with Crippen LogP contribution < -0.4 is 10.9 Å². The Hall–Kier alpha value is -2.43. The fourth-order valence-corrected chi connectivity index (χ4v) is 1.53. The van der Waals surface area contributed by atoms with Gasteiger partial charge in [-0.3, -0.25) is 9.59 Å². The lowest BCUT2D eigenvalue weighted by molar-refractivity contribution is 0.102. The average Bonchev–Trinajstić information content (AvgIpc) is 2.32. The largest absolute Gasteiger partial charge is 0.318 e. The van der Waals surface area contributed by atoms with Crippen LogP contribution in [0.25, 0.3) is 0 Å². The molecule has 0 spiro atoms. The van der Waals surface area contributed by atoms with E-state index in [1.165, 1.54) is 22.9 Å². The molecule has 18 heavy (non-hydrogen) atoms. The Labute approximate surface area is 104 Å². The number of carbonyl (C=O) groups is 1. The number of carbonyl (C=O) groups excluding carboxylic acids is 1. The molecule has 0 aliphatic carbocycles. The van der Waals surface area contributed by atoms with Gasteiger partial charge in [-0.2, -0.15) is 0 Å². The number of pyridine rings is 2. The van der Waals surface area contributed by atoms with Gasteiger partial charge in [-0.15, -0.1) is 0 Å². The lowest BCUT2D eigenvalue weighted by Crippen LogP contribution is -2.19. The second kappa shape index (κ2) is 4.83. The van der Waals surface area contributed by atoms with Gasteiger partial charge in [0.15, 0.2) is 0 Å². The normalized spacial score (nSPS) is 10.1. The molecule has 0 bridgehead atoms. The third-order valence-electron chi connectivity index (χ3n) is 2.48. The Morgan fingerprint density at radius 1 is 1.28 bits per heavy atom. The Kier molecular flexibility index (Phi) is 3.23. The van der Waals surface area contributed by atoms with Gasteiger partial charge in [0.05, 0.1) is 5.56 Å². The van der Waals surface area contributed by atoms with Crippen LogP contribution in [0.5, 0.6) is 0 Å². The van der Waals surface area contributed by atoms with Crippen LogP contribution in [0.2, 0.25) is 0 Å². The van der Waals surface area contributed by atoms with Crippen LogP contribution in [-0.4, -0.2) is 15.5 Å². The number of aromatic nitrogens is 2. The van der Waals surface area contributed by atoms with Crippen LogP contribution in [-0.2, 0) is 7.05 Å². The standard InChI is InChI=1S/C13H13N3O2/c1-9-4-3-5-11(14-9)15-13(18)10-6-7-12(17)16(2)8-10/h3-8H,1-2H3,(H,14,15,18). The molecule has 1 N–H and O–H groups in total. The molecule has 0 aliphatic heterocycles. The van der Waals surface area contributed by atoms with Crippen LogP contribution >= 0.6 is 0 Å². The van der Waals surface area contributed by atoms with E-state index in [2.05, 4.69) is 10.3 Å². The van der Waals surface area contributed by atoms with Crippen LogP contribution in [0.1, 0.15) is 16.1 Å². The van der Waals surface area contributed by atoms with E-state index in [1.54, 1.807) is 13.1 Å². The summed E-state index contributed by atoms with van der Waals surface area (Å²) < 4.78 is 1.36. The topological polar surface area (TPSA) is 64.0 Å². The average molecular weight is 243 g/mol. The maximum Gasteiger partial charge on any atom is 0.258 e. The van der Waals surface area contributed by atoms with Gasteiger partial charge >= 0.3 is 0 Å². The molecule has 0 saturated heterocycles. The molecule has 5 heteroatoms. The van der Waals surface area contributed by atoms with Gasteiger partial charge in [0, 0.05) is 25.0 Å². The minimum absolute atomic E-state index is 0.153. The summed E-state index contributed by atoms with van der Waals surface area (Å²) in [5.41, 5.74) is 1.09. The first kappa shape index (κ1) is 12.0. The van der Waals surface area contributed by atoms with Gasteiger partial charge in [0.25, 0.3) is 5.91 Å². The van der Waals surface area contributed by atoms with E-state index in [0.717, 1.165) is 5.69 Å². The van der Waals surface area contributed by atoms with Crippen molar-refractivity contribution in [3.63, 3.8) is 0 Å². The van der Waals surface area contributed by atoms with Crippen molar-refractivity contribution in [1.82, 2.24) is 9.55 Å². The number of aryl methyl sites for hydroxylation is 2. The van der Waals surface area contributed by atoms with Gasteiger partial charge < -0.3 is 9.88 Å². The van der Waals surface area contributed by atoms with Gasteiger partial charge in [-0.05, 0) is 25.1 Å². The molecule has 92 valence electrons. The molecule has 0 saturated carbocycles. The second-order valence-electron chi connectivity index (χ2n) is 3.99. The van der Waals surface area contributed by atoms with Crippen molar-refractivity contribution >= 4 is 11.7 Å². The number of anilines is 1. The zero-order valence-corrected chi connectivity index (χ0v) is 10.2. The lowest BCUT2D eigenvalue weighted by Gasteiger charge is -2.06. The highest BCUT2D eigenvalue weighted by molar-refractivity contribution is 6.03. The predicted molar refractivity (Wildman–Crippen MR) is 68.6 cm³/mol. The zero-order valence-electron chi connectivity index (χ0n) is 10.2. The van der Waals surface area contributed by atoms with Crippen molar-refractivity contribution in [2.45, 2.75) is 6.92 Å². The van der Waals surface area contributed by atoms with Crippen molar-refractivity contribution in [2.24, 2.45) is 7.05 Å². The van der Waals surface area contributed by atoms with E-state index < -0.39 is 0 Å². The van der Waals surface area contributed by atoms with Gasteiger partial charge in [-0.25, -0.2) is 4.98 Å². The van der Waals surface area contributed by atoms with E-state index in [-0.39, 0.29) is 11.5 Å².